The summed E-state index contributed by atoms with van der Waals surface area (Å²) in [6, 6.07) is 6.02. The maximum Gasteiger partial charge on any atom is 0.227 e. The third kappa shape index (κ3) is 4.38. The van der Waals surface area contributed by atoms with Gasteiger partial charge in [0.2, 0.25) is 5.91 Å². The summed E-state index contributed by atoms with van der Waals surface area (Å²) in [5, 5.41) is 3.91. The van der Waals surface area contributed by atoms with E-state index in [0.717, 1.165) is 30.6 Å². The molecule has 0 saturated carbocycles. The first-order valence-electron chi connectivity index (χ1n) is 8.61. The van der Waals surface area contributed by atoms with E-state index in [1.807, 2.05) is 18.7 Å². The Labute approximate surface area is 146 Å². The molecule has 3 rings (SSSR count). The summed E-state index contributed by atoms with van der Waals surface area (Å²) in [7, 11) is 0. The van der Waals surface area contributed by atoms with Crippen LogP contribution in [-0.2, 0) is 11.2 Å². The Bertz CT molecular complexity index is 707. The molecule has 1 amide bonds. The number of benzene rings is 1. The molecule has 1 aromatic heterocycles. The number of hydrogen-bond donors (Lipinski definition) is 0. The molecule has 1 aromatic carbocycles. The van der Waals surface area contributed by atoms with Crippen molar-refractivity contribution in [3.63, 3.8) is 0 Å². The lowest BCUT2D eigenvalue weighted by Gasteiger charge is -2.32. The molecule has 1 aliphatic rings. The first kappa shape index (κ1) is 17.5. The van der Waals surface area contributed by atoms with Gasteiger partial charge in [-0.25, -0.2) is 4.39 Å². The molecule has 1 saturated heterocycles. The van der Waals surface area contributed by atoms with Crippen LogP contribution in [0.25, 0.3) is 0 Å². The molecule has 1 fully saturated rings. The average molecular weight is 346 g/mol. The van der Waals surface area contributed by atoms with Crippen molar-refractivity contribution in [1.29, 1.82) is 0 Å². The Morgan fingerprint density at radius 3 is 2.80 bits per heavy atom. The molecule has 0 spiro atoms. The monoisotopic (exact) mass is 346 g/mol. The summed E-state index contributed by atoms with van der Waals surface area (Å²) in [6.45, 7) is 5.67. The number of aromatic nitrogens is 1. The molecule has 6 heteroatoms. The van der Waals surface area contributed by atoms with Crippen molar-refractivity contribution < 1.29 is 18.4 Å². The van der Waals surface area contributed by atoms with E-state index in [1.165, 1.54) is 12.1 Å². The van der Waals surface area contributed by atoms with Crippen molar-refractivity contribution in [1.82, 2.24) is 10.1 Å². The summed E-state index contributed by atoms with van der Waals surface area (Å²) in [6.07, 6.45) is 2.31. The van der Waals surface area contributed by atoms with Gasteiger partial charge in [0.1, 0.15) is 17.3 Å². The summed E-state index contributed by atoms with van der Waals surface area (Å²) >= 11 is 0. The van der Waals surface area contributed by atoms with E-state index in [2.05, 4.69) is 5.16 Å². The van der Waals surface area contributed by atoms with Gasteiger partial charge in [-0.05, 0) is 51.0 Å². The van der Waals surface area contributed by atoms with Crippen LogP contribution in [0.15, 0.2) is 28.8 Å². The molecule has 2 aromatic rings. The van der Waals surface area contributed by atoms with Crippen molar-refractivity contribution in [2.24, 2.45) is 5.92 Å². The van der Waals surface area contributed by atoms with E-state index >= 15 is 0 Å². The molecule has 0 radical (unpaired) electrons. The lowest BCUT2D eigenvalue weighted by molar-refractivity contribution is -0.132. The first-order valence-corrected chi connectivity index (χ1v) is 8.61. The van der Waals surface area contributed by atoms with E-state index in [0.29, 0.717) is 31.1 Å². The van der Waals surface area contributed by atoms with Crippen LogP contribution in [0.5, 0.6) is 5.75 Å². The van der Waals surface area contributed by atoms with Crippen LogP contribution < -0.4 is 4.74 Å². The van der Waals surface area contributed by atoms with Crippen LogP contribution in [0.1, 0.15) is 29.9 Å². The predicted molar refractivity (Wildman–Crippen MR) is 90.9 cm³/mol. The van der Waals surface area contributed by atoms with Gasteiger partial charge in [0.05, 0.1) is 18.7 Å². The second-order valence-electron chi connectivity index (χ2n) is 6.59. The number of aryl methyl sites for hydroxylation is 2. The molecule has 1 atom stereocenters. The Morgan fingerprint density at radius 2 is 2.12 bits per heavy atom. The lowest BCUT2D eigenvalue weighted by atomic mass is 9.98. The predicted octanol–water partition coefficient (Wildman–Crippen LogP) is 3.29. The van der Waals surface area contributed by atoms with Crippen LogP contribution in [0, 0.1) is 25.6 Å². The molecular formula is C19H23FN2O3. The third-order valence-corrected chi connectivity index (χ3v) is 4.68. The van der Waals surface area contributed by atoms with Crippen LogP contribution in [0.4, 0.5) is 4.39 Å². The second kappa shape index (κ2) is 7.68. The fourth-order valence-corrected chi connectivity index (χ4v) is 3.19. The lowest BCUT2D eigenvalue weighted by Crippen LogP contribution is -2.42. The van der Waals surface area contributed by atoms with Crippen LogP contribution in [0.2, 0.25) is 0 Å². The van der Waals surface area contributed by atoms with E-state index in [-0.39, 0.29) is 17.6 Å². The van der Waals surface area contributed by atoms with Gasteiger partial charge in [-0.1, -0.05) is 5.16 Å². The quantitative estimate of drug-likeness (QED) is 0.834. The number of halogens is 1. The highest BCUT2D eigenvalue weighted by Crippen LogP contribution is 2.21. The Hall–Kier alpha value is -2.37. The third-order valence-electron chi connectivity index (χ3n) is 4.68. The van der Waals surface area contributed by atoms with Crippen molar-refractivity contribution in [3.8, 4) is 5.75 Å². The maximum atomic E-state index is 12.9. The largest absolute Gasteiger partial charge is 0.493 e. The molecule has 2 heterocycles. The number of amides is 1. The van der Waals surface area contributed by atoms with Gasteiger partial charge in [0, 0.05) is 24.6 Å². The highest BCUT2D eigenvalue weighted by Gasteiger charge is 2.25. The number of carbonyl (C=O) groups is 1. The Morgan fingerprint density at radius 1 is 1.36 bits per heavy atom. The second-order valence-corrected chi connectivity index (χ2v) is 6.59. The Kier molecular flexibility index (Phi) is 5.36. The zero-order valence-electron chi connectivity index (χ0n) is 14.6. The highest BCUT2D eigenvalue weighted by atomic mass is 19.1. The molecule has 5 nitrogen and oxygen atoms in total. The number of hydrogen-bond acceptors (Lipinski definition) is 4. The first-order chi connectivity index (χ1) is 12.0. The van der Waals surface area contributed by atoms with Gasteiger partial charge in [0.15, 0.2) is 0 Å². The normalized spacial score (nSPS) is 17.6. The SMILES string of the molecule is Cc1noc(C)c1CC(=O)N1CCCC(COc2ccc(F)cc2)C1. The molecule has 1 unspecified atom stereocenters. The molecule has 0 N–H and O–H groups in total. The van der Waals surface area contributed by atoms with E-state index in [1.54, 1.807) is 12.1 Å². The fourth-order valence-electron chi connectivity index (χ4n) is 3.19. The number of ether oxygens (including phenoxy) is 1. The topological polar surface area (TPSA) is 55.6 Å². The van der Waals surface area contributed by atoms with Crippen molar-refractivity contribution in [3.05, 3.63) is 47.1 Å². The van der Waals surface area contributed by atoms with Gasteiger partial charge in [-0.3, -0.25) is 4.79 Å². The van der Waals surface area contributed by atoms with Crippen LogP contribution in [0.3, 0.4) is 0 Å². The van der Waals surface area contributed by atoms with Gasteiger partial charge in [-0.15, -0.1) is 0 Å². The molecular weight excluding hydrogens is 323 g/mol. The molecule has 0 aliphatic carbocycles. The number of carbonyl (C=O) groups excluding carboxylic acids is 1. The van der Waals surface area contributed by atoms with Crippen molar-refractivity contribution in [2.75, 3.05) is 19.7 Å². The molecule has 134 valence electrons. The van der Waals surface area contributed by atoms with E-state index in [9.17, 15) is 9.18 Å². The summed E-state index contributed by atoms with van der Waals surface area (Å²) in [5.41, 5.74) is 1.66. The van der Waals surface area contributed by atoms with E-state index < -0.39 is 0 Å². The minimum absolute atomic E-state index is 0.0980. The van der Waals surface area contributed by atoms with E-state index in [4.69, 9.17) is 9.26 Å². The highest BCUT2D eigenvalue weighted by molar-refractivity contribution is 5.79. The summed E-state index contributed by atoms with van der Waals surface area (Å²) in [4.78, 5) is 14.5. The molecule has 1 aliphatic heterocycles. The van der Waals surface area contributed by atoms with Gasteiger partial charge >= 0.3 is 0 Å². The molecule has 25 heavy (non-hydrogen) atoms. The van der Waals surface area contributed by atoms with Crippen LogP contribution >= 0.6 is 0 Å². The minimum atomic E-state index is -0.277. The summed E-state index contributed by atoms with van der Waals surface area (Å²) in [5.74, 6) is 1.47. The van der Waals surface area contributed by atoms with Gasteiger partial charge in [-0.2, -0.15) is 0 Å². The zero-order chi connectivity index (χ0) is 17.8. The minimum Gasteiger partial charge on any atom is -0.493 e. The van der Waals surface area contributed by atoms with Gasteiger partial charge in [0.25, 0.3) is 0 Å². The number of likely N-dealkylation sites (tertiary alicyclic amines) is 1. The average Bonchev–Trinajstić information content (AvgIpc) is 2.93. The van der Waals surface area contributed by atoms with Gasteiger partial charge < -0.3 is 14.2 Å². The molecule has 0 bridgehead atoms. The standard InChI is InChI=1S/C19H23FN2O3/c1-13-18(14(2)25-21-13)10-19(23)22-9-3-4-15(11-22)12-24-17-7-5-16(20)6-8-17/h5-8,15H,3-4,9-12H2,1-2H3. The van der Waals surface area contributed by atoms with Crippen LogP contribution in [-0.4, -0.2) is 35.7 Å². The van der Waals surface area contributed by atoms with Crippen molar-refractivity contribution >= 4 is 5.91 Å². The van der Waals surface area contributed by atoms with Crippen molar-refractivity contribution in [2.45, 2.75) is 33.1 Å². The maximum absolute atomic E-state index is 12.9. The number of nitrogens with zero attached hydrogens (tertiary/aromatic N) is 2. The Balaban J connectivity index is 1.53. The smallest absolute Gasteiger partial charge is 0.227 e. The number of rotatable bonds is 5. The fraction of sp³-hybridized carbons (Fsp3) is 0.474. The number of piperidine rings is 1. The summed E-state index contributed by atoms with van der Waals surface area (Å²) < 4.78 is 23.8. The zero-order valence-corrected chi connectivity index (χ0v) is 14.6.